The predicted molar refractivity (Wildman–Crippen MR) is 121 cm³/mol. The van der Waals surface area contributed by atoms with Gasteiger partial charge < -0.3 is 10.2 Å². The van der Waals surface area contributed by atoms with Crippen LogP contribution in [0.2, 0.25) is 5.02 Å². The molecule has 3 aromatic carbocycles. The molecule has 0 saturated carbocycles. The summed E-state index contributed by atoms with van der Waals surface area (Å²) in [5.41, 5.74) is 3.87. The summed E-state index contributed by atoms with van der Waals surface area (Å²) < 4.78 is 0. The summed E-state index contributed by atoms with van der Waals surface area (Å²) >= 11 is 6.03. The van der Waals surface area contributed by atoms with E-state index in [1.54, 1.807) is 24.3 Å². The highest BCUT2D eigenvalue weighted by Crippen LogP contribution is 2.43. The number of benzene rings is 3. The van der Waals surface area contributed by atoms with Crippen LogP contribution in [0.5, 0.6) is 0 Å². The van der Waals surface area contributed by atoms with Gasteiger partial charge in [0.05, 0.1) is 6.04 Å². The number of nitrogens with zero attached hydrogens (tertiary/aromatic N) is 1. The van der Waals surface area contributed by atoms with E-state index in [2.05, 4.69) is 43.4 Å². The molecule has 0 aromatic heterocycles. The number of carbonyl (C=O) groups excluding carboxylic acids is 1. The number of amides is 1. The highest BCUT2D eigenvalue weighted by molar-refractivity contribution is 6.30. The van der Waals surface area contributed by atoms with Crippen molar-refractivity contribution in [1.82, 2.24) is 0 Å². The van der Waals surface area contributed by atoms with E-state index < -0.39 is 0 Å². The van der Waals surface area contributed by atoms with Crippen molar-refractivity contribution in [3.63, 3.8) is 0 Å². The third-order valence-electron chi connectivity index (χ3n) is 5.82. The first kappa shape index (κ1) is 19.5. The Hall–Kier alpha value is -2.78. The van der Waals surface area contributed by atoms with Crippen LogP contribution in [-0.2, 0) is 0 Å². The average Bonchev–Trinajstić information content (AvgIpc) is 2.76. The van der Waals surface area contributed by atoms with Crippen molar-refractivity contribution in [2.45, 2.75) is 32.4 Å². The van der Waals surface area contributed by atoms with Crippen LogP contribution in [0.25, 0.3) is 0 Å². The number of hydrogen-bond acceptors (Lipinski definition) is 2. The third kappa shape index (κ3) is 3.75. The molecule has 0 aliphatic carbocycles. The van der Waals surface area contributed by atoms with Crippen LogP contribution in [0.4, 0.5) is 11.4 Å². The molecule has 29 heavy (non-hydrogen) atoms. The number of carbonyl (C=O) groups is 1. The minimum absolute atomic E-state index is 0.0194. The molecule has 3 aromatic rings. The summed E-state index contributed by atoms with van der Waals surface area (Å²) in [6.07, 6.45) is 0.877. The lowest BCUT2D eigenvalue weighted by atomic mass is 9.80. The molecule has 1 aliphatic heterocycles. The number of halogens is 1. The van der Waals surface area contributed by atoms with Crippen LogP contribution in [-0.4, -0.2) is 11.9 Å². The van der Waals surface area contributed by atoms with Crippen LogP contribution in [0.15, 0.2) is 78.9 Å². The first-order valence-corrected chi connectivity index (χ1v) is 10.5. The Morgan fingerprint density at radius 2 is 1.62 bits per heavy atom. The average molecular weight is 405 g/mol. The van der Waals surface area contributed by atoms with E-state index in [0.717, 1.165) is 23.4 Å². The molecular formula is C25H25ClN2O. The minimum Gasteiger partial charge on any atom is -0.378 e. The van der Waals surface area contributed by atoms with Gasteiger partial charge in [-0.25, -0.2) is 0 Å². The van der Waals surface area contributed by atoms with Gasteiger partial charge in [-0.15, -0.1) is 0 Å². The van der Waals surface area contributed by atoms with E-state index in [9.17, 15) is 4.79 Å². The fraction of sp³-hybridized carbons (Fsp3) is 0.240. The van der Waals surface area contributed by atoms with E-state index in [-0.39, 0.29) is 23.9 Å². The van der Waals surface area contributed by atoms with Gasteiger partial charge in [0, 0.05) is 33.9 Å². The van der Waals surface area contributed by atoms with Gasteiger partial charge in [-0.1, -0.05) is 61.8 Å². The molecule has 4 heteroatoms. The van der Waals surface area contributed by atoms with Crippen molar-refractivity contribution in [1.29, 1.82) is 0 Å². The summed E-state index contributed by atoms with van der Waals surface area (Å²) in [7, 11) is 0. The molecule has 0 radical (unpaired) electrons. The van der Waals surface area contributed by atoms with E-state index in [0.29, 0.717) is 10.6 Å². The molecule has 1 N–H and O–H groups in total. The second-order valence-corrected chi connectivity index (χ2v) is 8.00. The molecule has 3 unspecified atom stereocenters. The fourth-order valence-corrected chi connectivity index (χ4v) is 4.48. The highest BCUT2D eigenvalue weighted by Gasteiger charge is 2.40. The Labute approximate surface area is 177 Å². The predicted octanol–water partition coefficient (Wildman–Crippen LogP) is 6.57. The van der Waals surface area contributed by atoms with Gasteiger partial charge in [0.25, 0.3) is 5.91 Å². The largest absolute Gasteiger partial charge is 0.378 e. The Balaban J connectivity index is 1.76. The Morgan fingerprint density at radius 1 is 0.966 bits per heavy atom. The molecule has 3 nitrogen and oxygen atoms in total. The molecule has 1 amide bonds. The summed E-state index contributed by atoms with van der Waals surface area (Å²) in [4.78, 5) is 15.5. The van der Waals surface area contributed by atoms with E-state index in [1.807, 2.05) is 35.2 Å². The van der Waals surface area contributed by atoms with Crippen LogP contribution in [0, 0.1) is 5.92 Å². The lowest BCUT2D eigenvalue weighted by Gasteiger charge is -2.45. The number of anilines is 2. The number of fused-ring (bicyclic) bond motifs is 1. The van der Waals surface area contributed by atoms with Gasteiger partial charge in [-0.05, 0) is 54.4 Å². The zero-order valence-electron chi connectivity index (χ0n) is 16.7. The molecule has 0 bridgehead atoms. The minimum atomic E-state index is 0.0194. The topological polar surface area (TPSA) is 32.3 Å². The van der Waals surface area contributed by atoms with Gasteiger partial charge in [0.1, 0.15) is 0 Å². The smallest absolute Gasteiger partial charge is 0.258 e. The SMILES string of the molecule is CCC1C(C)C(Nc2ccccc2)c2ccccc2N1C(=O)c1ccc(Cl)cc1. The van der Waals surface area contributed by atoms with Crippen molar-refractivity contribution in [3.05, 3.63) is 95.0 Å². The standard InChI is InChI=1S/C25H25ClN2O/c1-3-22-17(2)24(27-20-9-5-4-6-10-20)21-11-7-8-12-23(21)28(22)25(29)18-13-15-19(26)16-14-18/h4-17,22,24,27H,3H2,1-2H3. The third-order valence-corrected chi connectivity index (χ3v) is 6.07. The number of rotatable bonds is 4. The summed E-state index contributed by atoms with van der Waals surface area (Å²) in [5.74, 6) is 0.261. The molecule has 0 spiro atoms. The molecule has 4 rings (SSSR count). The summed E-state index contributed by atoms with van der Waals surface area (Å²) in [5, 5.41) is 4.33. The van der Waals surface area contributed by atoms with E-state index in [4.69, 9.17) is 11.6 Å². The zero-order valence-corrected chi connectivity index (χ0v) is 17.4. The van der Waals surface area contributed by atoms with Crippen molar-refractivity contribution in [2.24, 2.45) is 5.92 Å². The zero-order chi connectivity index (χ0) is 20.4. The van der Waals surface area contributed by atoms with Gasteiger partial charge in [0.2, 0.25) is 0 Å². The Morgan fingerprint density at radius 3 is 2.31 bits per heavy atom. The molecule has 0 saturated heterocycles. The van der Waals surface area contributed by atoms with Crippen molar-refractivity contribution in [3.8, 4) is 0 Å². The number of nitrogens with one attached hydrogen (secondary N) is 1. The quantitative estimate of drug-likeness (QED) is 0.533. The molecule has 3 atom stereocenters. The summed E-state index contributed by atoms with van der Waals surface area (Å²) in [6.45, 7) is 4.38. The number of hydrogen-bond donors (Lipinski definition) is 1. The van der Waals surface area contributed by atoms with Gasteiger partial charge in [-0.3, -0.25) is 4.79 Å². The van der Waals surface area contributed by atoms with Crippen LogP contribution < -0.4 is 10.2 Å². The second-order valence-electron chi connectivity index (χ2n) is 7.56. The van der Waals surface area contributed by atoms with E-state index >= 15 is 0 Å². The lowest BCUT2D eigenvalue weighted by molar-refractivity contribution is 0.0960. The first-order valence-electron chi connectivity index (χ1n) is 10.1. The van der Waals surface area contributed by atoms with E-state index in [1.165, 1.54) is 0 Å². The fourth-order valence-electron chi connectivity index (χ4n) is 4.36. The second kappa shape index (κ2) is 8.30. The van der Waals surface area contributed by atoms with Crippen molar-refractivity contribution >= 4 is 28.9 Å². The van der Waals surface area contributed by atoms with Crippen molar-refractivity contribution in [2.75, 3.05) is 10.2 Å². The molecule has 148 valence electrons. The first-order chi connectivity index (χ1) is 14.1. The maximum absolute atomic E-state index is 13.5. The number of para-hydroxylation sites is 2. The summed E-state index contributed by atoms with van der Waals surface area (Å²) in [6, 6.07) is 25.9. The van der Waals surface area contributed by atoms with Crippen LogP contribution in [0.1, 0.15) is 42.2 Å². The van der Waals surface area contributed by atoms with Crippen molar-refractivity contribution < 1.29 is 4.79 Å². The van der Waals surface area contributed by atoms with Gasteiger partial charge >= 0.3 is 0 Å². The Kier molecular flexibility index (Phi) is 5.59. The molecule has 1 heterocycles. The lowest BCUT2D eigenvalue weighted by Crippen LogP contribution is -2.50. The molecular weight excluding hydrogens is 380 g/mol. The maximum Gasteiger partial charge on any atom is 0.258 e. The normalized spacial score (nSPS) is 20.8. The monoisotopic (exact) mass is 404 g/mol. The van der Waals surface area contributed by atoms with Crippen LogP contribution in [0.3, 0.4) is 0 Å². The van der Waals surface area contributed by atoms with Crippen LogP contribution >= 0.6 is 11.6 Å². The molecule has 1 aliphatic rings. The van der Waals surface area contributed by atoms with Gasteiger partial charge in [-0.2, -0.15) is 0 Å². The maximum atomic E-state index is 13.5. The highest BCUT2D eigenvalue weighted by atomic mass is 35.5. The Bertz CT molecular complexity index is 987. The molecule has 0 fully saturated rings. The van der Waals surface area contributed by atoms with Gasteiger partial charge in [0.15, 0.2) is 0 Å².